The third-order valence-electron chi connectivity index (χ3n) is 2.33. The van der Waals surface area contributed by atoms with Gasteiger partial charge < -0.3 is 10.8 Å². The van der Waals surface area contributed by atoms with Crippen LogP contribution in [0.2, 0.25) is 0 Å². The Balaban J connectivity index is 2.48. The number of nitrogens with zero attached hydrogens (tertiary/aromatic N) is 1. The maximum Gasteiger partial charge on any atom is 0.234 e. The number of carbonyl (C=O) groups excluding carboxylic acids is 1. The smallest absolute Gasteiger partial charge is 0.234 e. The van der Waals surface area contributed by atoms with Gasteiger partial charge in [0.25, 0.3) is 0 Å². The number of hydrogen-bond acceptors (Lipinski definition) is 3. The minimum Gasteiger partial charge on any atom is -0.395 e. The number of nitrogens with two attached hydrogens (primary N) is 1. The van der Waals surface area contributed by atoms with E-state index < -0.39 is 0 Å². The van der Waals surface area contributed by atoms with Gasteiger partial charge in [-0.1, -0.05) is 6.42 Å². The van der Waals surface area contributed by atoms with Gasteiger partial charge in [0.1, 0.15) is 0 Å². The monoisotopic (exact) mass is 172 g/mol. The summed E-state index contributed by atoms with van der Waals surface area (Å²) in [5.41, 5.74) is 5.23. The normalized spacial score (nSPS) is 25.6. The van der Waals surface area contributed by atoms with E-state index in [1.807, 2.05) is 4.90 Å². The first kappa shape index (κ1) is 9.48. The maximum absolute atomic E-state index is 10.9. The van der Waals surface area contributed by atoms with E-state index in [1.165, 1.54) is 0 Å². The lowest BCUT2D eigenvalue weighted by Gasteiger charge is -2.32. The molecule has 1 saturated heterocycles. The molecule has 0 aromatic rings. The Morgan fingerprint density at radius 1 is 1.58 bits per heavy atom. The van der Waals surface area contributed by atoms with Crippen molar-refractivity contribution in [3.8, 4) is 0 Å². The van der Waals surface area contributed by atoms with Crippen molar-refractivity contribution in [2.75, 3.05) is 19.7 Å². The second-order valence-corrected chi connectivity index (χ2v) is 3.17. The SMILES string of the molecule is NC(=O)[C@H]1CCCCN1CCO. The lowest BCUT2D eigenvalue weighted by atomic mass is 10.0. The van der Waals surface area contributed by atoms with Crippen molar-refractivity contribution in [1.82, 2.24) is 4.90 Å². The molecule has 0 aromatic heterocycles. The van der Waals surface area contributed by atoms with Gasteiger partial charge in [0.15, 0.2) is 0 Å². The second-order valence-electron chi connectivity index (χ2n) is 3.17. The molecule has 0 bridgehead atoms. The number of primary amides is 1. The molecule has 70 valence electrons. The van der Waals surface area contributed by atoms with Crippen molar-refractivity contribution < 1.29 is 9.90 Å². The molecule has 0 aliphatic carbocycles. The first-order valence-corrected chi connectivity index (χ1v) is 4.40. The first-order valence-electron chi connectivity index (χ1n) is 4.40. The number of aliphatic hydroxyl groups is 1. The van der Waals surface area contributed by atoms with E-state index in [2.05, 4.69) is 0 Å². The summed E-state index contributed by atoms with van der Waals surface area (Å²) < 4.78 is 0. The highest BCUT2D eigenvalue weighted by Crippen LogP contribution is 2.15. The maximum atomic E-state index is 10.9. The Labute approximate surface area is 72.3 Å². The number of rotatable bonds is 3. The zero-order valence-electron chi connectivity index (χ0n) is 7.20. The molecule has 0 aromatic carbocycles. The summed E-state index contributed by atoms with van der Waals surface area (Å²) in [5.74, 6) is -0.261. The van der Waals surface area contributed by atoms with Crippen LogP contribution >= 0.6 is 0 Å². The van der Waals surface area contributed by atoms with E-state index in [0.29, 0.717) is 6.54 Å². The fraction of sp³-hybridized carbons (Fsp3) is 0.875. The molecule has 0 radical (unpaired) electrons. The van der Waals surface area contributed by atoms with Crippen LogP contribution < -0.4 is 5.73 Å². The average molecular weight is 172 g/mol. The summed E-state index contributed by atoms with van der Waals surface area (Å²) in [6.07, 6.45) is 3.01. The van der Waals surface area contributed by atoms with Gasteiger partial charge in [-0.15, -0.1) is 0 Å². The van der Waals surface area contributed by atoms with Crippen LogP contribution in [-0.4, -0.2) is 41.7 Å². The Hall–Kier alpha value is -0.610. The number of amides is 1. The third kappa shape index (κ3) is 2.19. The molecule has 4 nitrogen and oxygen atoms in total. The van der Waals surface area contributed by atoms with Gasteiger partial charge in [0.2, 0.25) is 5.91 Å². The van der Waals surface area contributed by atoms with Gasteiger partial charge in [0, 0.05) is 6.54 Å². The minimum absolute atomic E-state index is 0.101. The summed E-state index contributed by atoms with van der Waals surface area (Å²) in [6.45, 7) is 1.55. The Kier molecular flexibility index (Phi) is 3.49. The highest BCUT2D eigenvalue weighted by atomic mass is 16.3. The summed E-state index contributed by atoms with van der Waals surface area (Å²) in [7, 11) is 0. The Morgan fingerprint density at radius 3 is 2.92 bits per heavy atom. The van der Waals surface area contributed by atoms with Crippen molar-refractivity contribution in [3.05, 3.63) is 0 Å². The van der Waals surface area contributed by atoms with Crippen molar-refractivity contribution in [3.63, 3.8) is 0 Å². The third-order valence-corrected chi connectivity index (χ3v) is 2.33. The molecule has 0 unspecified atom stereocenters. The minimum atomic E-state index is -0.261. The van der Waals surface area contributed by atoms with Crippen LogP contribution in [0.3, 0.4) is 0 Å². The number of piperidine rings is 1. The predicted octanol–water partition coefficient (Wildman–Crippen LogP) is -0.681. The van der Waals surface area contributed by atoms with E-state index in [-0.39, 0.29) is 18.6 Å². The zero-order valence-corrected chi connectivity index (χ0v) is 7.20. The molecule has 1 aliphatic heterocycles. The average Bonchev–Trinajstić information content (AvgIpc) is 2.05. The molecule has 1 aliphatic rings. The van der Waals surface area contributed by atoms with Crippen LogP contribution in [0, 0.1) is 0 Å². The van der Waals surface area contributed by atoms with Crippen LogP contribution in [-0.2, 0) is 4.79 Å². The fourth-order valence-corrected chi connectivity index (χ4v) is 1.71. The van der Waals surface area contributed by atoms with Gasteiger partial charge in [-0.05, 0) is 19.4 Å². The standard InChI is InChI=1S/C8H16N2O2/c9-8(12)7-3-1-2-4-10(7)5-6-11/h7,11H,1-6H2,(H2,9,12)/t7-/m1/s1. The van der Waals surface area contributed by atoms with Crippen LogP contribution in [0.4, 0.5) is 0 Å². The topological polar surface area (TPSA) is 66.6 Å². The molecular formula is C8H16N2O2. The fourth-order valence-electron chi connectivity index (χ4n) is 1.71. The van der Waals surface area contributed by atoms with Gasteiger partial charge in [-0.2, -0.15) is 0 Å². The molecule has 0 saturated carbocycles. The van der Waals surface area contributed by atoms with Gasteiger partial charge in [0.05, 0.1) is 12.6 Å². The van der Waals surface area contributed by atoms with E-state index >= 15 is 0 Å². The van der Waals surface area contributed by atoms with Crippen LogP contribution in [0.1, 0.15) is 19.3 Å². The number of aliphatic hydroxyl groups excluding tert-OH is 1. The van der Waals surface area contributed by atoms with Crippen molar-refractivity contribution >= 4 is 5.91 Å². The number of likely N-dealkylation sites (tertiary alicyclic amines) is 1. The molecule has 0 spiro atoms. The highest BCUT2D eigenvalue weighted by Gasteiger charge is 2.25. The van der Waals surface area contributed by atoms with Gasteiger partial charge >= 0.3 is 0 Å². The van der Waals surface area contributed by atoms with Crippen molar-refractivity contribution in [2.24, 2.45) is 5.73 Å². The summed E-state index contributed by atoms with van der Waals surface area (Å²) in [6, 6.07) is -0.147. The predicted molar refractivity (Wildman–Crippen MR) is 45.5 cm³/mol. The summed E-state index contributed by atoms with van der Waals surface area (Å²) in [4.78, 5) is 12.9. The first-order chi connectivity index (χ1) is 5.75. The zero-order chi connectivity index (χ0) is 8.97. The van der Waals surface area contributed by atoms with Crippen LogP contribution in [0.25, 0.3) is 0 Å². The summed E-state index contributed by atoms with van der Waals surface area (Å²) in [5, 5.41) is 8.72. The number of carbonyl (C=O) groups is 1. The van der Waals surface area contributed by atoms with Gasteiger partial charge in [-0.25, -0.2) is 0 Å². The summed E-state index contributed by atoms with van der Waals surface area (Å²) >= 11 is 0. The van der Waals surface area contributed by atoms with Crippen molar-refractivity contribution in [1.29, 1.82) is 0 Å². The molecule has 1 rings (SSSR count). The molecule has 1 amide bonds. The molecule has 1 heterocycles. The van der Waals surface area contributed by atoms with E-state index in [9.17, 15) is 4.79 Å². The van der Waals surface area contributed by atoms with Crippen molar-refractivity contribution in [2.45, 2.75) is 25.3 Å². The van der Waals surface area contributed by atoms with E-state index in [0.717, 1.165) is 25.8 Å². The van der Waals surface area contributed by atoms with Crippen LogP contribution in [0.5, 0.6) is 0 Å². The second kappa shape index (κ2) is 4.42. The van der Waals surface area contributed by atoms with E-state index in [1.54, 1.807) is 0 Å². The number of hydrogen-bond donors (Lipinski definition) is 2. The van der Waals surface area contributed by atoms with E-state index in [4.69, 9.17) is 10.8 Å². The highest BCUT2D eigenvalue weighted by molar-refractivity contribution is 5.79. The molecule has 12 heavy (non-hydrogen) atoms. The van der Waals surface area contributed by atoms with Gasteiger partial charge in [-0.3, -0.25) is 9.69 Å². The number of β-amino-alcohol motifs (C(OH)–C–C–N with tert-alkyl or cyclic N) is 1. The molecule has 1 atom stereocenters. The Morgan fingerprint density at radius 2 is 2.33 bits per heavy atom. The molecular weight excluding hydrogens is 156 g/mol. The lowest BCUT2D eigenvalue weighted by molar-refractivity contribution is -0.124. The van der Waals surface area contributed by atoms with Crippen LogP contribution in [0.15, 0.2) is 0 Å². The molecule has 4 heteroatoms. The largest absolute Gasteiger partial charge is 0.395 e. The molecule has 3 N–H and O–H groups in total. The quantitative estimate of drug-likeness (QED) is 0.592. The Bertz CT molecular complexity index is 159. The molecule has 1 fully saturated rings. The lowest BCUT2D eigenvalue weighted by Crippen LogP contribution is -2.48.